The molecule has 1 aromatic carbocycles. The summed E-state index contributed by atoms with van der Waals surface area (Å²) in [6, 6.07) is 8.71. The summed E-state index contributed by atoms with van der Waals surface area (Å²) in [5.41, 5.74) is 2.45. The zero-order valence-electron chi connectivity index (χ0n) is 15.7. The molecule has 5 nitrogen and oxygen atoms in total. The molecule has 1 saturated heterocycles. The molecule has 1 aliphatic rings. The Hall–Kier alpha value is -1.31. The smallest absolute Gasteiger partial charge is 0.225 e. The number of hydrogen-bond donors (Lipinski definition) is 2. The molecule has 1 amide bonds. The lowest BCUT2D eigenvalue weighted by Gasteiger charge is -2.20. The molecule has 2 rings (SSSR count). The van der Waals surface area contributed by atoms with E-state index >= 15 is 0 Å². The number of likely N-dealkylation sites (tertiary alicyclic amines) is 1. The standard InChI is InChI=1S/C19H30N4O.HI/c1-5-20-19(21-12-16-8-6-15(4)7-9-16)22-17-10-11-23(13-17)18(24)14(2)3;/h6-9,14,17H,5,10-13H2,1-4H3,(H2,20,21,22);1H. The van der Waals surface area contributed by atoms with Crippen molar-refractivity contribution >= 4 is 35.8 Å². The number of amides is 1. The van der Waals surface area contributed by atoms with E-state index in [9.17, 15) is 4.79 Å². The number of guanidine groups is 1. The molecule has 0 aromatic heterocycles. The molecule has 1 fully saturated rings. The molecule has 1 aromatic rings. The van der Waals surface area contributed by atoms with Crippen molar-refractivity contribution in [2.24, 2.45) is 10.9 Å². The van der Waals surface area contributed by atoms with Crippen LogP contribution in [0.2, 0.25) is 0 Å². The Balaban J connectivity index is 0.00000312. The molecule has 0 saturated carbocycles. The number of hydrogen-bond acceptors (Lipinski definition) is 2. The number of carbonyl (C=O) groups excluding carboxylic acids is 1. The predicted octanol–water partition coefficient (Wildman–Crippen LogP) is 2.93. The highest BCUT2D eigenvalue weighted by Gasteiger charge is 2.27. The zero-order chi connectivity index (χ0) is 17.5. The molecule has 1 unspecified atom stereocenters. The molecule has 6 heteroatoms. The molecule has 0 spiro atoms. The van der Waals surface area contributed by atoms with Crippen LogP contribution in [0.1, 0.15) is 38.3 Å². The third-order valence-corrected chi connectivity index (χ3v) is 4.22. The number of aliphatic imine (C=N–C) groups is 1. The zero-order valence-corrected chi connectivity index (χ0v) is 18.0. The van der Waals surface area contributed by atoms with Crippen LogP contribution in [0.4, 0.5) is 0 Å². The van der Waals surface area contributed by atoms with Crippen molar-refractivity contribution in [3.63, 3.8) is 0 Å². The summed E-state index contributed by atoms with van der Waals surface area (Å²) in [4.78, 5) is 18.7. The third-order valence-electron chi connectivity index (χ3n) is 4.22. The van der Waals surface area contributed by atoms with Crippen LogP contribution in [0.25, 0.3) is 0 Å². The van der Waals surface area contributed by atoms with Gasteiger partial charge >= 0.3 is 0 Å². The van der Waals surface area contributed by atoms with E-state index in [2.05, 4.69) is 53.7 Å². The minimum atomic E-state index is 0. The molecule has 140 valence electrons. The molecule has 0 aliphatic carbocycles. The predicted molar refractivity (Wildman–Crippen MR) is 114 cm³/mol. The second kappa shape index (κ2) is 10.6. The molecule has 1 heterocycles. The number of rotatable bonds is 5. The van der Waals surface area contributed by atoms with E-state index in [0.717, 1.165) is 32.0 Å². The lowest BCUT2D eigenvalue weighted by molar-refractivity contribution is -0.133. The van der Waals surface area contributed by atoms with Gasteiger partial charge in [-0.1, -0.05) is 43.7 Å². The molecular weight excluding hydrogens is 427 g/mol. The summed E-state index contributed by atoms with van der Waals surface area (Å²) < 4.78 is 0. The molecular formula is C19H31IN4O. The normalized spacial score (nSPS) is 17.4. The van der Waals surface area contributed by atoms with Gasteiger partial charge in [0.15, 0.2) is 5.96 Å². The first-order valence-corrected chi connectivity index (χ1v) is 8.88. The SMILES string of the molecule is CCNC(=NCc1ccc(C)cc1)NC1CCN(C(=O)C(C)C)C1.I. The van der Waals surface area contributed by atoms with Crippen molar-refractivity contribution in [3.05, 3.63) is 35.4 Å². The second-order valence-electron chi connectivity index (χ2n) is 6.75. The Morgan fingerprint density at radius 3 is 2.60 bits per heavy atom. The van der Waals surface area contributed by atoms with Crippen LogP contribution in [-0.4, -0.2) is 42.4 Å². The molecule has 0 bridgehead atoms. The van der Waals surface area contributed by atoms with Gasteiger partial charge in [-0.3, -0.25) is 4.79 Å². The first-order valence-electron chi connectivity index (χ1n) is 8.88. The Bertz CT molecular complexity index is 571. The van der Waals surface area contributed by atoms with Gasteiger partial charge < -0.3 is 15.5 Å². The van der Waals surface area contributed by atoms with Crippen molar-refractivity contribution in [1.29, 1.82) is 0 Å². The summed E-state index contributed by atoms with van der Waals surface area (Å²) >= 11 is 0. The van der Waals surface area contributed by atoms with Gasteiger partial charge in [-0.25, -0.2) is 4.99 Å². The number of nitrogens with one attached hydrogen (secondary N) is 2. The minimum absolute atomic E-state index is 0. The van der Waals surface area contributed by atoms with E-state index in [4.69, 9.17) is 0 Å². The second-order valence-corrected chi connectivity index (χ2v) is 6.75. The number of nitrogens with zero attached hydrogens (tertiary/aromatic N) is 2. The Kier molecular flexibility index (Phi) is 9.24. The lowest BCUT2D eigenvalue weighted by atomic mass is 10.1. The van der Waals surface area contributed by atoms with Crippen LogP contribution in [0, 0.1) is 12.8 Å². The maximum Gasteiger partial charge on any atom is 0.225 e. The van der Waals surface area contributed by atoms with Crippen LogP contribution in [-0.2, 0) is 11.3 Å². The maximum absolute atomic E-state index is 12.1. The highest BCUT2D eigenvalue weighted by atomic mass is 127. The first-order chi connectivity index (χ1) is 11.5. The van der Waals surface area contributed by atoms with E-state index in [1.54, 1.807) is 0 Å². The summed E-state index contributed by atoms with van der Waals surface area (Å²) in [7, 11) is 0. The van der Waals surface area contributed by atoms with Gasteiger partial charge in [-0.05, 0) is 25.8 Å². The summed E-state index contributed by atoms with van der Waals surface area (Å²) in [6.45, 7) is 11.1. The van der Waals surface area contributed by atoms with Gasteiger partial charge in [0.1, 0.15) is 0 Å². The fourth-order valence-electron chi connectivity index (χ4n) is 2.82. The van der Waals surface area contributed by atoms with E-state index < -0.39 is 0 Å². The van der Waals surface area contributed by atoms with Gasteiger partial charge in [-0.15, -0.1) is 24.0 Å². The van der Waals surface area contributed by atoms with Crippen molar-refractivity contribution in [3.8, 4) is 0 Å². The fraction of sp³-hybridized carbons (Fsp3) is 0.579. The third kappa shape index (κ3) is 6.84. The van der Waals surface area contributed by atoms with Crippen molar-refractivity contribution in [1.82, 2.24) is 15.5 Å². The van der Waals surface area contributed by atoms with Crippen molar-refractivity contribution in [2.45, 2.75) is 46.7 Å². The monoisotopic (exact) mass is 458 g/mol. The summed E-state index contributed by atoms with van der Waals surface area (Å²) in [5.74, 6) is 1.12. The highest BCUT2D eigenvalue weighted by molar-refractivity contribution is 14.0. The van der Waals surface area contributed by atoms with Crippen LogP contribution in [0.3, 0.4) is 0 Å². The fourth-order valence-corrected chi connectivity index (χ4v) is 2.82. The average molecular weight is 458 g/mol. The van der Waals surface area contributed by atoms with Crippen LogP contribution >= 0.6 is 24.0 Å². The van der Waals surface area contributed by atoms with Crippen molar-refractivity contribution in [2.75, 3.05) is 19.6 Å². The molecule has 25 heavy (non-hydrogen) atoms. The van der Waals surface area contributed by atoms with E-state index in [1.807, 2.05) is 18.7 Å². The van der Waals surface area contributed by atoms with Crippen LogP contribution in [0.15, 0.2) is 29.3 Å². The Labute approximate surface area is 168 Å². The Morgan fingerprint density at radius 1 is 1.32 bits per heavy atom. The number of halogens is 1. The van der Waals surface area contributed by atoms with Crippen LogP contribution < -0.4 is 10.6 Å². The summed E-state index contributed by atoms with van der Waals surface area (Å²) in [5, 5.41) is 6.76. The maximum atomic E-state index is 12.1. The van der Waals surface area contributed by atoms with Crippen LogP contribution in [0.5, 0.6) is 0 Å². The van der Waals surface area contributed by atoms with E-state index in [-0.39, 0.29) is 41.8 Å². The van der Waals surface area contributed by atoms with E-state index in [1.165, 1.54) is 11.1 Å². The van der Waals surface area contributed by atoms with Gasteiger partial charge in [0.05, 0.1) is 6.54 Å². The Morgan fingerprint density at radius 2 is 2.00 bits per heavy atom. The molecule has 2 N–H and O–H groups in total. The molecule has 0 radical (unpaired) electrons. The van der Waals surface area contributed by atoms with Gasteiger partial charge in [0.2, 0.25) is 5.91 Å². The minimum Gasteiger partial charge on any atom is -0.357 e. The average Bonchev–Trinajstić information content (AvgIpc) is 3.02. The number of aryl methyl sites for hydroxylation is 1. The van der Waals surface area contributed by atoms with Crippen molar-refractivity contribution < 1.29 is 4.79 Å². The van der Waals surface area contributed by atoms with Gasteiger partial charge in [0.25, 0.3) is 0 Å². The van der Waals surface area contributed by atoms with Gasteiger partial charge in [-0.2, -0.15) is 0 Å². The van der Waals surface area contributed by atoms with E-state index in [0.29, 0.717) is 6.54 Å². The largest absolute Gasteiger partial charge is 0.357 e. The quantitative estimate of drug-likeness (QED) is 0.406. The number of carbonyl (C=O) groups is 1. The van der Waals surface area contributed by atoms with Gasteiger partial charge in [0, 0.05) is 31.6 Å². The molecule has 1 atom stereocenters. The summed E-state index contributed by atoms with van der Waals surface area (Å²) in [6.07, 6.45) is 0.966. The highest BCUT2D eigenvalue weighted by Crippen LogP contribution is 2.13. The number of benzene rings is 1. The lowest BCUT2D eigenvalue weighted by Crippen LogP contribution is -2.45. The topological polar surface area (TPSA) is 56.7 Å². The molecule has 1 aliphatic heterocycles. The first kappa shape index (κ1) is 21.7.